The van der Waals surface area contributed by atoms with E-state index in [1.807, 2.05) is 6.07 Å². The number of benzene rings is 1. The van der Waals surface area contributed by atoms with Crippen LogP contribution >= 0.6 is 11.3 Å². The number of methoxy groups -OCH3 is 1. The van der Waals surface area contributed by atoms with Gasteiger partial charge in [0.2, 0.25) is 5.54 Å². The summed E-state index contributed by atoms with van der Waals surface area (Å²) in [5.41, 5.74) is -0.273. The van der Waals surface area contributed by atoms with E-state index in [9.17, 15) is 14.4 Å². The van der Waals surface area contributed by atoms with Crippen molar-refractivity contribution in [2.45, 2.75) is 12.1 Å². The van der Waals surface area contributed by atoms with Gasteiger partial charge in [-0.15, -0.1) is 11.3 Å². The Morgan fingerprint density at radius 1 is 1.24 bits per heavy atom. The summed E-state index contributed by atoms with van der Waals surface area (Å²) in [5.74, 6) is 5.34. The van der Waals surface area contributed by atoms with Crippen LogP contribution in [0.1, 0.15) is 25.7 Å². The Morgan fingerprint density at radius 2 is 2.03 bits per heavy atom. The molecule has 1 aromatic heterocycles. The quantitative estimate of drug-likeness (QED) is 0.588. The molecule has 1 atom stereocenters. The van der Waals surface area contributed by atoms with Crippen LogP contribution in [-0.4, -0.2) is 41.9 Å². The third-order valence-electron chi connectivity index (χ3n) is 4.68. The molecule has 2 N–H and O–H groups in total. The average Bonchev–Trinajstić information content (AvgIpc) is 3.37. The highest BCUT2D eigenvalue weighted by molar-refractivity contribution is 7.13. The second-order valence-electron chi connectivity index (χ2n) is 6.52. The van der Waals surface area contributed by atoms with Crippen molar-refractivity contribution in [3.8, 4) is 23.7 Å². The van der Waals surface area contributed by atoms with Gasteiger partial charge in [0.1, 0.15) is 16.7 Å². The molecule has 0 unspecified atom stereocenters. The number of hydrogen-bond acceptors (Lipinski definition) is 6. The van der Waals surface area contributed by atoms with E-state index in [0.29, 0.717) is 27.6 Å². The van der Waals surface area contributed by atoms with Gasteiger partial charge in [0.25, 0.3) is 11.8 Å². The van der Waals surface area contributed by atoms with Gasteiger partial charge in [-0.2, -0.15) is 5.26 Å². The van der Waals surface area contributed by atoms with Gasteiger partial charge in [-0.05, 0) is 29.8 Å². The van der Waals surface area contributed by atoms with Gasteiger partial charge in [-0.1, -0.05) is 17.9 Å². The van der Waals surface area contributed by atoms with Crippen molar-refractivity contribution in [1.82, 2.24) is 15.5 Å². The zero-order chi connectivity index (χ0) is 20.6. The van der Waals surface area contributed by atoms with Crippen molar-refractivity contribution in [2.75, 3.05) is 13.7 Å². The van der Waals surface area contributed by atoms with Crippen LogP contribution in [0.25, 0.3) is 0 Å². The van der Waals surface area contributed by atoms with Gasteiger partial charge < -0.3 is 15.0 Å². The van der Waals surface area contributed by atoms with Crippen molar-refractivity contribution in [2.24, 2.45) is 0 Å². The highest BCUT2D eigenvalue weighted by atomic mass is 32.1. The third kappa shape index (κ3) is 3.28. The Balaban J connectivity index is 1.64. The number of ether oxygens (including phenoxy) is 1. The molecule has 1 saturated heterocycles. The Morgan fingerprint density at radius 3 is 2.69 bits per heavy atom. The lowest BCUT2D eigenvalue weighted by molar-refractivity contribution is -0.122. The first-order chi connectivity index (χ1) is 13.9. The average molecular weight is 406 g/mol. The number of nitriles is 1. The topological polar surface area (TPSA) is 112 Å². The number of nitrogens with zero attached hydrogens (tertiary/aromatic N) is 2. The van der Waals surface area contributed by atoms with E-state index in [1.54, 1.807) is 30.3 Å². The Labute approximate surface area is 170 Å². The summed E-state index contributed by atoms with van der Waals surface area (Å²) in [7, 11) is 1.52. The Hall–Kier alpha value is -3.82. The minimum absolute atomic E-state index is 0.107. The monoisotopic (exact) mass is 406 g/mol. The number of nitrogens with one attached hydrogen (secondary N) is 2. The predicted octanol–water partition coefficient (Wildman–Crippen LogP) is 1.21. The molecule has 1 fully saturated rings. The number of imide groups is 1. The minimum atomic E-state index is -1.57. The van der Waals surface area contributed by atoms with E-state index in [-0.39, 0.29) is 12.5 Å². The van der Waals surface area contributed by atoms with Crippen molar-refractivity contribution in [3.63, 3.8) is 0 Å². The number of carbonyl (C=O) groups excluding carboxylic acids is 3. The first-order valence-corrected chi connectivity index (χ1v) is 9.38. The molecule has 1 aromatic carbocycles. The maximum absolute atomic E-state index is 12.8. The van der Waals surface area contributed by atoms with E-state index in [1.165, 1.54) is 23.3 Å². The molecule has 2 aromatic rings. The lowest BCUT2D eigenvalue weighted by atomic mass is 9.99. The summed E-state index contributed by atoms with van der Waals surface area (Å²) in [6, 6.07) is 9.86. The van der Waals surface area contributed by atoms with Crippen LogP contribution in [0.5, 0.6) is 5.75 Å². The summed E-state index contributed by atoms with van der Waals surface area (Å²) in [6.45, 7) is 0.187. The van der Waals surface area contributed by atoms with E-state index >= 15 is 0 Å². The molecule has 29 heavy (non-hydrogen) atoms. The van der Waals surface area contributed by atoms with Crippen molar-refractivity contribution < 1.29 is 19.1 Å². The van der Waals surface area contributed by atoms with E-state index in [4.69, 9.17) is 10.00 Å². The second kappa shape index (κ2) is 6.97. The molecule has 4 rings (SSSR count). The van der Waals surface area contributed by atoms with Gasteiger partial charge in [0.05, 0.1) is 18.5 Å². The zero-order valence-electron chi connectivity index (χ0n) is 15.2. The van der Waals surface area contributed by atoms with E-state index in [0.717, 1.165) is 5.56 Å². The summed E-state index contributed by atoms with van der Waals surface area (Å²) < 4.78 is 5.17. The van der Waals surface area contributed by atoms with Crippen molar-refractivity contribution in [3.05, 3.63) is 51.2 Å². The molecular formula is C20H14N4O4S. The summed E-state index contributed by atoms with van der Waals surface area (Å²) in [6.07, 6.45) is 0. The summed E-state index contributed by atoms with van der Waals surface area (Å²) in [4.78, 5) is 39.8. The lowest BCUT2D eigenvalue weighted by Crippen LogP contribution is -2.54. The number of urea groups is 1. The SMILES string of the molecule is COc1ccc2c(c1)C(=O)N(C[C@]1(C#Cc3ccc(C#N)s3)NC(=O)NC1=O)C2. The first-order valence-electron chi connectivity index (χ1n) is 8.57. The number of carbonyl (C=O) groups is 3. The third-order valence-corrected chi connectivity index (χ3v) is 5.59. The lowest BCUT2D eigenvalue weighted by Gasteiger charge is -2.26. The maximum Gasteiger partial charge on any atom is 0.323 e. The number of amides is 4. The second-order valence-corrected chi connectivity index (χ2v) is 7.61. The number of fused-ring (bicyclic) bond motifs is 1. The van der Waals surface area contributed by atoms with Crippen LogP contribution in [-0.2, 0) is 11.3 Å². The van der Waals surface area contributed by atoms with Crippen LogP contribution in [0.15, 0.2) is 30.3 Å². The van der Waals surface area contributed by atoms with Crippen LogP contribution in [0, 0.1) is 23.2 Å². The highest BCUT2D eigenvalue weighted by Crippen LogP contribution is 2.28. The molecule has 0 bridgehead atoms. The molecule has 0 radical (unpaired) electrons. The molecule has 0 aliphatic carbocycles. The fourth-order valence-electron chi connectivity index (χ4n) is 3.25. The van der Waals surface area contributed by atoms with Gasteiger partial charge >= 0.3 is 6.03 Å². The van der Waals surface area contributed by atoms with Gasteiger partial charge in [0, 0.05) is 12.1 Å². The molecule has 4 amide bonds. The molecule has 3 heterocycles. The van der Waals surface area contributed by atoms with E-state index < -0.39 is 17.5 Å². The Bertz CT molecular complexity index is 1150. The minimum Gasteiger partial charge on any atom is -0.497 e. The standard InChI is InChI=1S/C20H14N4O4S/c1-28-13-3-2-12-10-24(17(25)16(12)8-13)11-20(18(26)22-19(27)23-20)7-6-14-4-5-15(9-21)29-14/h2-5,8H,10-11H2,1H3,(H2,22,23,26,27)/t20-/m0/s1. The molecule has 0 spiro atoms. The van der Waals surface area contributed by atoms with Crippen LogP contribution in [0.4, 0.5) is 4.79 Å². The molecule has 8 nitrogen and oxygen atoms in total. The van der Waals surface area contributed by atoms with Gasteiger partial charge in [-0.25, -0.2) is 4.79 Å². The zero-order valence-corrected chi connectivity index (χ0v) is 16.1. The molecule has 2 aliphatic heterocycles. The van der Waals surface area contributed by atoms with Gasteiger partial charge in [0.15, 0.2) is 0 Å². The largest absolute Gasteiger partial charge is 0.497 e. The summed E-state index contributed by atoms with van der Waals surface area (Å²) >= 11 is 1.18. The van der Waals surface area contributed by atoms with Crippen LogP contribution in [0.3, 0.4) is 0 Å². The Kier molecular flexibility index (Phi) is 4.45. The predicted molar refractivity (Wildman–Crippen MR) is 103 cm³/mol. The van der Waals surface area contributed by atoms with Crippen molar-refractivity contribution >= 4 is 29.2 Å². The molecular weight excluding hydrogens is 392 g/mol. The maximum atomic E-state index is 12.8. The fourth-order valence-corrected chi connectivity index (χ4v) is 3.90. The van der Waals surface area contributed by atoms with E-state index in [2.05, 4.69) is 22.5 Å². The van der Waals surface area contributed by atoms with Crippen LogP contribution < -0.4 is 15.4 Å². The van der Waals surface area contributed by atoms with Gasteiger partial charge in [-0.3, -0.25) is 14.9 Å². The molecule has 144 valence electrons. The van der Waals surface area contributed by atoms with Crippen molar-refractivity contribution in [1.29, 1.82) is 5.26 Å². The number of thiophene rings is 1. The normalized spacial score (nSPS) is 19.7. The number of hydrogen-bond donors (Lipinski definition) is 2. The molecule has 9 heteroatoms. The number of rotatable bonds is 3. The smallest absolute Gasteiger partial charge is 0.323 e. The summed E-state index contributed by atoms with van der Waals surface area (Å²) in [5, 5.41) is 13.7. The first kappa shape index (κ1) is 18.5. The molecule has 0 saturated carbocycles. The molecule has 2 aliphatic rings. The highest BCUT2D eigenvalue weighted by Gasteiger charge is 2.48. The van der Waals surface area contributed by atoms with Crippen LogP contribution in [0.2, 0.25) is 0 Å². The fraction of sp³-hybridized carbons (Fsp3) is 0.200.